The largest absolute Gasteiger partial charge is 0.313 e. The van der Waals surface area contributed by atoms with Crippen molar-refractivity contribution in [2.24, 2.45) is 5.10 Å². The molecular formula is C11H15N3. The minimum Gasteiger partial charge on any atom is -0.313 e. The molecule has 3 heteroatoms. The lowest BCUT2D eigenvalue weighted by molar-refractivity contribution is 0.895. The number of aryl methyl sites for hydroxylation is 1. The number of hydrogen-bond donors (Lipinski definition) is 1. The summed E-state index contributed by atoms with van der Waals surface area (Å²) in [6.07, 6.45) is 4.38. The van der Waals surface area contributed by atoms with Crippen molar-refractivity contribution in [3.05, 3.63) is 42.2 Å². The van der Waals surface area contributed by atoms with Crippen LogP contribution in [-0.2, 0) is 0 Å². The lowest BCUT2D eigenvalue weighted by atomic mass is 10.1. The van der Waals surface area contributed by atoms with Gasteiger partial charge in [0.05, 0.1) is 5.71 Å². The summed E-state index contributed by atoms with van der Waals surface area (Å²) < 4.78 is 0. The molecule has 0 atom stereocenters. The highest BCUT2D eigenvalue weighted by Gasteiger charge is 2.01. The lowest BCUT2D eigenvalue weighted by Crippen LogP contribution is -2.06. The molecule has 1 heterocycles. The van der Waals surface area contributed by atoms with Gasteiger partial charge in [0.25, 0.3) is 0 Å². The van der Waals surface area contributed by atoms with Crippen LogP contribution in [0.3, 0.4) is 0 Å². The van der Waals surface area contributed by atoms with Gasteiger partial charge in [-0.15, -0.1) is 6.58 Å². The van der Waals surface area contributed by atoms with Crippen LogP contribution in [0.15, 0.2) is 36.1 Å². The maximum Gasteiger partial charge on any atom is 0.0713 e. The van der Waals surface area contributed by atoms with Gasteiger partial charge in [-0.2, -0.15) is 5.10 Å². The van der Waals surface area contributed by atoms with Crippen LogP contribution >= 0.6 is 0 Å². The smallest absolute Gasteiger partial charge is 0.0713 e. The van der Waals surface area contributed by atoms with Crippen molar-refractivity contribution in [3.8, 4) is 0 Å². The van der Waals surface area contributed by atoms with E-state index in [1.165, 1.54) is 0 Å². The first kappa shape index (κ1) is 10.4. The van der Waals surface area contributed by atoms with Crippen LogP contribution in [0.4, 0.5) is 0 Å². The zero-order valence-electron chi connectivity index (χ0n) is 8.62. The van der Waals surface area contributed by atoms with E-state index >= 15 is 0 Å². The maximum atomic E-state index is 4.19. The Balaban J connectivity index is 2.98. The van der Waals surface area contributed by atoms with E-state index in [9.17, 15) is 0 Å². The van der Waals surface area contributed by atoms with E-state index in [1.54, 1.807) is 13.2 Å². The van der Waals surface area contributed by atoms with Crippen molar-refractivity contribution in [2.75, 3.05) is 7.05 Å². The molecule has 0 saturated heterocycles. The van der Waals surface area contributed by atoms with Gasteiger partial charge in [0.1, 0.15) is 0 Å². The third kappa shape index (κ3) is 2.69. The Morgan fingerprint density at radius 1 is 1.71 bits per heavy atom. The van der Waals surface area contributed by atoms with Crippen LogP contribution in [0.25, 0.3) is 0 Å². The molecule has 1 rings (SSSR count). The molecule has 14 heavy (non-hydrogen) atoms. The van der Waals surface area contributed by atoms with E-state index < -0.39 is 0 Å². The summed E-state index contributed by atoms with van der Waals surface area (Å²) in [5.41, 5.74) is 5.86. The van der Waals surface area contributed by atoms with Crippen LogP contribution in [-0.4, -0.2) is 17.7 Å². The number of rotatable bonds is 4. The molecule has 0 aliphatic rings. The average Bonchev–Trinajstić information content (AvgIpc) is 2.17. The Morgan fingerprint density at radius 3 is 3.07 bits per heavy atom. The van der Waals surface area contributed by atoms with Gasteiger partial charge in [-0.3, -0.25) is 4.98 Å². The SMILES string of the molecule is C=CC/C(=N\NC)c1ccnc(C)c1. The number of allylic oxidation sites excluding steroid dienone is 1. The Labute approximate surface area is 84.6 Å². The number of nitrogens with zero attached hydrogens (tertiary/aromatic N) is 2. The van der Waals surface area contributed by atoms with Crippen LogP contribution in [0.5, 0.6) is 0 Å². The molecule has 0 amide bonds. The van der Waals surface area contributed by atoms with Gasteiger partial charge in [-0.05, 0) is 19.1 Å². The second kappa shape index (κ2) is 5.17. The van der Waals surface area contributed by atoms with Gasteiger partial charge in [0, 0.05) is 30.9 Å². The molecule has 0 aliphatic carbocycles. The first-order valence-electron chi connectivity index (χ1n) is 4.55. The van der Waals surface area contributed by atoms with E-state index in [0.29, 0.717) is 0 Å². The van der Waals surface area contributed by atoms with Gasteiger partial charge in [-0.1, -0.05) is 6.08 Å². The molecule has 0 saturated carbocycles. The van der Waals surface area contributed by atoms with Crippen LogP contribution in [0, 0.1) is 6.92 Å². The van der Waals surface area contributed by atoms with Crippen molar-refractivity contribution in [1.29, 1.82) is 0 Å². The molecule has 1 aromatic heterocycles. The standard InChI is InChI=1S/C11H15N3/c1-4-5-11(14-12-3)10-6-7-13-9(2)8-10/h4,6-8,12H,1,5H2,2-3H3/b14-11+. The van der Waals surface area contributed by atoms with Gasteiger partial charge in [0.15, 0.2) is 0 Å². The summed E-state index contributed by atoms with van der Waals surface area (Å²) in [5, 5.41) is 4.19. The predicted octanol–water partition coefficient (Wildman–Crippen LogP) is 1.89. The highest BCUT2D eigenvalue weighted by molar-refractivity contribution is 6.01. The summed E-state index contributed by atoms with van der Waals surface area (Å²) in [6.45, 7) is 5.67. The topological polar surface area (TPSA) is 37.3 Å². The molecule has 0 fully saturated rings. The third-order valence-corrected chi connectivity index (χ3v) is 1.81. The van der Waals surface area contributed by atoms with Gasteiger partial charge in [-0.25, -0.2) is 0 Å². The average molecular weight is 189 g/mol. The molecule has 0 aromatic carbocycles. The Kier molecular flexibility index (Phi) is 3.85. The van der Waals surface area contributed by atoms with Gasteiger partial charge >= 0.3 is 0 Å². The lowest BCUT2D eigenvalue weighted by Gasteiger charge is -2.04. The minimum absolute atomic E-state index is 0.754. The number of pyridine rings is 1. The number of aromatic nitrogens is 1. The van der Waals surface area contributed by atoms with Crippen LogP contribution < -0.4 is 5.43 Å². The number of hydrazone groups is 1. The maximum absolute atomic E-state index is 4.19. The second-order valence-corrected chi connectivity index (χ2v) is 2.96. The van der Waals surface area contributed by atoms with E-state index in [0.717, 1.165) is 23.4 Å². The molecule has 0 radical (unpaired) electrons. The molecule has 3 nitrogen and oxygen atoms in total. The molecular weight excluding hydrogens is 174 g/mol. The van der Waals surface area contributed by atoms with E-state index in [-0.39, 0.29) is 0 Å². The number of nitrogens with one attached hydrogen (secondary N) is 1. The normalized spacial score (nSPS) is 11.1. The summed E-state index contributed by atoms with van der Waals surface area (Å²) >= 11 is 0. The van der Waals surface area contributed by atoms with Gasteiger partial charge < -0.3 is 5.43 Å². The van der Waals surface area contributed by atoms with Crippen molar-refractivity contribution < 1.29 is 0 Å². The fourth-order valence-corrected chi connectivity index (χ4v) is 1.22. The van der Waals surface area contributed by atoms with Crippen LogP contribution in [0.2, 0.25) is 0 Å². The molecule has 1 N–H and O–H groups in total. The quantitative estimate of drug-likeness (QED) is 0.446. The Bertz CT molecular complexity index is 342. The fraction of sp³-hybridized carbons (Fsp3) is 0.273. The highest BCUT2D eigenvalue weighted by Crippen LogP contribution is 2.05. The third-order valence-electron chi connectivity index (χ3n) is 1.81. The molecule has 1 aromatic rings. The molecule has 0 spiro atoms. The highest BCUT2D eigenvalue weighted by atomic mass is 15.3. The minimum atomic E-state index is 0.754. The zero-order valence-corrected chi connectivity index (χ0v) is 8.62. The van der Waals surface area contributed by atoms with Crippen LogP contribution in [0.1, 0.15) is 17.7 Å². The summed E-state index contributed by atoms with van der Waals surface area (Å²) in [7, 11) is 1.79. The molecule has 0 aliphatic heterocycles. The van der Waals surface area contributed by atoms with Crippen molar-refractivity contribution in [1.82, 2.24) is 10.4 Å². The Morgan fingerprint density at radius 2 is 2.50 bits per heavy atom. The van der Waals surface area contributed by atoms with Crippen molar-refractivity contribution in [2.45, 2.75) is 13.3 Å². The Hall–Kier alpha value is -1.64. The monoisotopic (exact) mass is 189 g/mol. The predicted molar refractivity (Wildman–Crippen MR) is 59.4 cm³/mol. The van der Waals surface area contributed by atoms with Gasteiger partial charge in [0.2, 0.25) is 0 Å². The summed E-state index contributed by atoms with van der Waals surface area (Å²) in [4.78, 5) is 4.14. The van der Waals surface area contributed by atoms with Crippen molar-refractivity contribution >= 4 is 5.71 Å². The second-order valence-electron chi connectivity index (χ2n) is 2.96. The molecule has 0 unspecified atom stereocenters. The summed E-state index contributed by atoms with van der Waals surface area (Å²) in [5.74, 6) is 0. The molecule has 74 valence electrons. The zero-order chi connectivity index (χ0) is 10.4. The van der Waals surface area contributed by atoms with E-state index in [1.807, 2.05) is 25.1 Å². The summed E-state index contributed by atoms with van der Waals surface area (Å²) in [6, 6.07) is 3.96. The van der Waals surface area contributed by atoms with Crippen molar-refractivity contribution in [3.63, 3.8) is 0 Å². The van der Waals surface area contributed by atoms with E-state index in [4.69, 9.17) is 0 Å². The fourth-order valence-electron chi connectivity index (χ4n) is 1.22. The first-order valence-corrected chi connectivity index (χ1v) is 4.55. The molecule has 0 bridgehead atoms. The van der Waals surface area contributed by atoms with E-state index in [2.05, 4.69) is 22.1 Å². The number of hydrogen-bond acceptors (Lipinski definition) is 3. The first-order chi connectivity index (χ1) is 6.77.